The molecular weight excluding hydrogens is 318 g/mol. The van der Waals surface area contributed by atoms with Gasteiger partial charge in [-0.1, -0.05) is 42.5 Å². The fourth-order valence-electron chi connectivity index (χ4n) is 3.61. The summed E-state index contributed by atoms with van der Waals surface area (Å²) in [6.45, 7) is 0.940. The van der Waals surface area contributed by atoms with Crippen molar-refractivity contribution in [2.24, 2.45) is 5.41 Å². The average Bonchev–Trinajstić information content (AvgIpc) is 2.62. The van der Waals surface area contributed by atoms with Gasteiger partial charge < -0.3 is 14.7 Å². The SMILES string of the molecule is COCC1(C(=O)O)CCCN(C(=O)Cc2ccc3ccccc3c2)C1. The lowest BCUT2D eigenvalue weighted by atomic mass is 9.80. The van der Waals surface area contributed by atoms with E-state index in [1.54, 1.807) is 4.90 Å². The predicted molar refractivity (Wildman–Crippen MR) is 95.4 cm³/mol. The molecule has 5 nitrogen and oxygen atoms in total. The molecule has 2 aromatic rings. The van der Waals surface area contributed by atoms with Crippen LogP contribution in [0.3, 0.4) is 0 Å². The maximum Gasteiger partial charge on any atom is 0.313 e. The number of carbonyl (C=O) groups is 2. The standard InChI is InChI=1S/C20H23NO4/c1-25-14-20(19(23)24)9-4-10-21(13-20)18(22)12-15-7-8-16-5-2-3-6-17(16)11-15/h2-3,5-8,11H,4,9-10,12-14H2,1H3,(H,23,24). The van der Waals surface area contributed by atoms with Crippen LogP contribution in [0.25, 0.3) is 10.8 Å². The average molecular weight is 341 g/mol. The van der Waals surface area contributed by atoms with Crippen molar-refractivity contribution in [3.63, 3.8) is 0 Å². The monoisotopic (exact) mass is 341 g/mol. The summed E-state index contributed by atoms with van der Waals surface area (Å²) >= 11 is 0. The molecule has 1 aliphatic heterocycles. The van der Waals surface area contributed by atoms with Crippen LogP contribution < -0.4 is 0 Å². The number of benzene rings is 2. The Kier molecular flexibility index (Phi) is 5.04. The highest BCUT2D eigenvalue weighted by molar-refractivity contribution is 5.86. The molecule has 1 amide bonds. The third-order valence-corrected chi connectivity index (χ3v) is 4.97. The molecule has 0 radical (unpaired) electrons. The molecule has 0 spiro atoms. The summed E-state index contributed by atoms with van der Waals surface area (Å²) < 4.78 is 5.12. The van der Waals surface area contributed by atoms with Gasteiger partial charge in [0.25, 0.3) is 0 Å². The number of carboxylic acids is 1. The molecule has 1 aliphatic rings. The summed E-state index contributed by atoms with van der Waals surface area (Å²) in [5, 5.41) is 11.9. The van der Waals surface area contributed by atoms with Gasteiger partial charge in [-0.2, -0.15) is 0 Å². The number of ether oxygens (including phenoxy) is 1. The van der Waals surface area contributed by atoms with E-state index in [1.807, 2.05) is 42.5 Å². The van der Waals surface area contributed by atoms with E-state index in [0.717, 1.165) is 16.3 Å². The van der Waals surface area contributed by atoms with E-state index < -0.39 is 11.4 Å². The highest BCUT2D eigenvalue weighted by atomic mass is 16.5. The van der Waals surface area contributed by atoms with Gasteiger partial charge in [-0.15, -0.1) is 0 Å². The first kappa shape index (κ1) is 17.4. The Morgan fingerprint density at radius 2 is 1.96 bits per heavy atom. The molecule has 0 aromatic heterocycles. The number of hydrogen-bond donors (Lipinski definition) is 1. The van der Waals surface area contributed by atoms with E-state index >= 15 is 0 Å². The fourth-order valence-corrected chi connectivity index (χ4v) is 3.61. The largest absolute Gasteiger partial charge is 0.481 e. The minimum Gasteiger partial charge on any atom is -0.481 e. The van der Waals surface area contributed by atoms with Gasteiger partial charge in [0, 0.05) is 20.2 Å². The molecule has 1 unspecified atom stereocenters. The Morgan fingerprint density at radius 1 is 1.20 bits per heavy atom. The van der Waals surface area contributed by atoms with Gasteiger partial charge >= 0.3 is 5.97 Å². The van der Waals surface area contributed by atoms with Gasteiger partial charge in [0.1, 0.15) is 5.41 Å². The highest BCUT2D eigenvalue weighted by Crippen LogP contribution is 2.31. The molecule has 25 heavy (non-hydrogen) atoms. The first-order chi connectivity index (χ1) is 12.0. The lowest BCUT2D eigenvalue weighted by Gasteiger charge is -2.39. The first-order valence-corrected chi connectivity index (χ1v) is 8.52. The number of fused-ring (bicyclic) bond motifs is 1. The van der Waals surface area contributed by atoms with Crippen LogP contribution >= 0.6 is 0 Å². The van der Waals surface area contributed by atoms with Crippen molar-refractivity contribution in [3.05, 3.63) is 48.0 Å². The van der Waals surface area contributed by atoms with Gasteiger partial charge in [-0.25, -0.2) is 0 Å². The van der Waals surface area contributed by atoms with Crippen LogP contribution in [0.15, 0.2) is 42.5 Å². The van der Waals surface area contributed by atoms with Gasteiger partial charge in [0.2, 0.25) is 5.91 Å². The second-order valence-corrected chi connectivity index (χ2v) is 6.80. The molecule has 1 N–H and O–H groups in total. The topological polar surface area (TPSA) is 66.8 Å². The van der Waals surface area contributed by atoms with Crippen molar-refractivity contribution in [1.29, 1.82) is 0 Å². The molecule has 5 heteroatoms. The number of carbonyl (C=O) groups excluding carboxylic acids is 1. The fraction of sp³-hybridized carbons (Fsp3) is 0.400. The number of hydrogen-bond acceptors (Lipinski definition) is 3. The van der Waals surface area contributed by atoms with Crippen LogP contribution in [-0.2, 0) is 20.7 Å². The lowest BCUT2D eigenvalue weighted by molar-refractivity contribution is -0.159. The summed E-state index contributed by atoms with van der Waals surface area (Å²) in [5.74, 6) is -0.922. The molecule has 1 atom stereocenters. The molecule has 1 heterocycles. The number of rotatable bonds is 5. The maximum atomic E-state index is 12.7. The molecule has 0 aliphatic carbocycles. The number of carboxylic acid groups (broad SMARTS) is 1. The van der Waals surface area contributed by atoms with E-state index in [1.165, 1.54) is 7.11 Å². The summed E-state index contributed by atoms with van der Waals surface area (Å²) in [6, 6.07) is 14.0. The van der Waals surface area contributed by atoms with E-state index in [4.69, 9.17) is 4.74 Å². The minimum atomic E-state index is -0.994. The van der Waals surface area contributed by atoms with Crippen LogP contribution in [0.5, 0.6) is 0 Å². The third kappa shape index (κ3) is 3.66. The van der Waals surface area contributed by atoms with Crippen molar-refractivity contribution < 1.29 is 19.4 Å². The summed E-state index contributed by atoms with van der Waals surface area (Å²) in [7, 11) is 1.50. The first-order valence-electron chi connectivity index (χ1n) is 8.52. The molecule has 1 fully saturated rings. The second kappa shape index (κ2) is 7.23. The van der Waals surface area contributed by atoms with E-state index in [9.17, 15) is 14.7 Å². The van der Waals surface area contributed by atoms with Crippen LogP contribution in [0.1, 0.15) is 18.4 Å². The zero-order chi connectivity index (χ0) is 17.9. The van der Waals surface area contributed by atoms with Gasteiger partial charge in [-0.3, -0.25) is 9.59 Å². The molecule has 3 rings (SSSR count). The van der Waals surface area contributed by atoms with Gasteiger partial charge in [0.15, 0.2) is 0 Å². The Morgan fingerprint density at radius 3 is 2.68 bits per heavy atom. The smallest absolute Gasteiger partial charge is 0.313 e. The van der Waals surface area contributed by atoms with Crippen molar-refractivity contribution in [2.75, 3.05) is 26.8 Å². The molecule has 1 saturated heterocycles. The molecule has 0 saturated carbocycles. The van der Waals surface area contributed by atoms with Crippen LogP contribution in [0.4, 0.5) is 0 Å². The van der Waals surface area contributed by atoms with Crippen molar-refractivity contribution in [3.8, 4) is 0 Å². The molecular formula is C20H23NO4. The maximum absolute atomic E-state index is 12.7. The molecule has 0 bridgehead atoms. The zero-order valence-electron chi connectivity index (χ0n) is 14.4. The number of nitrogens with zero attached hydrogens (tertiary/aromatic N) is 1. The quantitative estimate of drug-likeness (QED) is 0.908. The lowest BCUT2D eigenvalue weighted by Crippen LogP contribution is -2.52. The number of methoxy groups -OCH3 is 1. The Balaban J connectivity index is 1.74. The van der Waals surface area contributed by atoms with E-state index in [-0.39, 0.29) is 25.5 Å². The summed E-state index contributed by atoms with van der Waals surface area (Å²) in [5.41, 5.74) is -0.0478. The van der Waals surface area contributed by atoms with Crippen molar-refractivity contribution in [1.82, 2.24) is 4.90 Å². The minimum absolute atomic E-state index is 0.0308. The highest BCUT2D eigenvalue weighted by Gasteiger charge is 2.43. The summed E-state index contributed by atoms with van der Waals surface area (Å²) in [6.07, 6.45) is 1.50. The Labute approximate surface area is 147 Å². The molecule has 132 valence electrons. The Bertz CT molecular complexity index is 784. The normalized spacial score (nSPS) is 20.6. The number of aliphatic carboxylic acids is 1. The van der Waals surface area contributed by atoms with Crippen molar-refractivity contribution in [2.45, 2.75) is 19.3 Å². The predicted octanol–water partition coefficient (Wildman–Crippen LogP) is 2.72. The third-order valence-electron chi connectivity index (χ3n) is 4.97. The van der Waals surface area contributed by atoms with E-state index in [0.29, 0.717) is 19.4 Å². The van der Waals surface area contributed by atoms with Crippen molar-refractivity contribution >= 4 is 22.6 Å². The number of amides is 1. The van der Waals surface area contributed by atoms with Crippen LogP contribution in [0, 0.1) is 5.41 Å². The Hall–Kier alpha value is -2.40. The van der Waals surface area contributed by atoms with Gasteiger partial charge in [-0.05, 0) is 29.2 Å². The zero-order valence-corrected chi connectivity index (χ0v) is 14.4. The van der Waals surface area contributed by atoms with Crippen LogP contribution in [-0.4, -0.2) is 48.7 Å². The number of likely N-dealkylation sites (tertiary alicyclic amines) is 1. The summed E-state index contributed by atoms with van der Waals surface area (Å²) in [4.78, 5) is 26.1. The van der Waals surface area contributed by atoms with Crippen LogP contribution in [0.2, 0.25) is 0 Å². The van der Waals surface area contributed by atoms with E-state index in [2.05, 4.69) is 0 Å². The molecule has 2 aromatic carbocycles. The second-order valence-electron chi connectivity index (χ2n) is 6.80. The number of piperidine rings is 1. The van der Waals surface area contributed by atoms with Gasteiger partial charge in [0.05, 0.1) is 13.0 Å².